The zero-order chi connectivity index (χ0) is 14.8. The van der Waals surface area contributed by atoms with Crippen molar-refractivity contribution in [3.8, 4) is 0 Å². The van der Waals surface area contributed by atoms with Crippen LogP contribution in [0.1, 0.15) is 33.6 Å². The number of halogens is 3. The predicted octanol–water partition coefficient (Wildman–Crippen LogP) is 3.75. The van der Waals surface area contributed by atoms with Crippen molar-refractivity contribution in [2.45, 2.75) is 45.4 Å². The first-order valence-electron chi connectivity index (χ1n) is 6.24. The van der Waals surface area contributed by atoms with E-state index >= 15 is 0 Å². The van der Waals surface area contributed by atoms with Crippen LogP contribution in [0, 0.1) is 5.92 Å². The molecule has 3 nitrogen and oxygen atoms in total. The van der Waals surface area contributed by atoms with Gasteiger partial charge in [0.05, 0.1) is 0 Å². The van der Waals surface area contributed by atoms with Gasteiger partial charge in [-0.15, -0.1) is 0 Å². The highest BCUT2D eigenvalue weighted by Crippen LogP contribution is 2.35. The fraction of sp³-hybridized carbons (Fsp3) is 0.769. The van der Waals surface area contributed by atoms with Crippen LogP contribution in [0.5, 0.6) is 0 Å². The van der Waals surface area contributed by atoms with E-state index in [0.29, 0.717) is 0 Å². The third kappa shape index (κ3) is 4.76. The summed E-state index contributed by atoms with van der Waals surface area (Å²) in [7, 11) is 0. The van der Waals surface area contributed by atoms with Gasteiger partial charge in [0.25, 0.3) is 0 Å². The summed E-state index contributed by atoms with van der Waals surface area (Å²) in [5, 5.41) is 0. The molecule has 1 heterocycles. The highest BCUT2D eigenvalue weighted by Gasteiger charge is 2.39. The maximum absolute atomic E-state index is 12.5. The quantitative estimate of drug-likeness (QED) is 0.684. The largest absolute Gasteiger partial charge is 0.444 e. The number of hydrogen-bond acceptors (Lipinski definition) is 2. The van der Waals surface area contributed by atoms with Gasteiger partial charge in [0.2, 0.25) is 0 Å². The number of carbonyl (C=O) groups is 1. The van der Waals surface area contributed by atoms with Crippen molar-refractivity contribution in [3.63, 3.8) is 0 Å². The number of allylic oxidation sites excluding steroid dienone is 1. The topological polar surface area (TPSA) is 29.5 Å². The normalized spacial score (nSPS) is 18.3. The van der Waals surface area contributed by atoms with Crippen molar-refractivity contribution in [1.82, 2.24) is 4.90 Å². The molecule has 1 rings (SSSR count). The number of alkyl halides is 3. The number of amides is 1. The maximum Gasteiger partial charge on any atom is 0.412 e. The fourth-order valence-corrected chi connectivity index (χ4v) is 1.97. The zero-order valence-electron chi connectivity index (χ0n) is 11.5. The lowest BCUT2D eigenvalue weighted by atomic mass is 9.90. The number of hydrogen-bond donors (Lipinski definition) is 0. The van der Waals surface area contributed by atoms with E-state index in [9.17, 15) is 18.0 Å². The molecule has 110 valence electrons. The summed E-state index contributed by atoms with van der Waals surface area (Å²) < 4.78 is 42.7. The number of piperidine rings is 1. The third-order valence-corrected chi connectivity index (χ3v) is 3.00. The summed E-state index contributed by atoms with van der Waals surface area (Å²) in [6, 6.07) is 0. The average Bonchev–Trinajstić information content (AvgIpc) is 2.24. The summed E-state index contributed by atoms with van der Waals surface area (Å²) in [4.78, 5) is 13.2. The molecule has 0 aromatic heterocycles. The van der Waals surface area contributed by atoms with Gasteiger partial charge in [-0.1, -0.05) is 6.58 Å². The lowest BCUT2D eigenvalue weighted by molar-refractivity contribution is -0.101. The van der Waals surface area contributed by atoms with Crippen LogP contribution in [0.25, 0.3) is 0 Å². The van der Waals surface area contributed by atoms with Gasteiger partial charge < -0.3 is 9.64 Å². The van der Waals surface area contributed by atoms with Crippen LogP contribution < -0.4 is 0 Å². The standard InChI is InChI=1S/C13H20F3NO2/c1-9(13(14,15)16)10-5-7-17(8-6-10)11(18)19-12(2,3)4/h10H,1,5-8H2,2-4H3. The van der Waals surface area contributed by atoms with Crippen LogP contribution in [0.4, 0.5) is 18.0 Å². The van der Waals surface area contributed by atoms with Crippen molar-refractivity contribution in [1.29, 1.82) is 0 Å². The molecule has 6 heteroatoms. The van der Waals surface area contributed by atoms with Gasteiger partial charge in [0, 0.05) is 18.7 Å². The lowest BCUT2D eigenvalue weighted by Crippen LogP contribution is -2.42. The van der Waals surface area contributed by atoms with Crippen LogP contribution in [0.2, 0.25) is 0 Å². The minimum atomic E-state index is -4.35. The molecule has 0 aromatic carbocycles. The Balaban J connectivity index is 2.50. The second-order valence-electron chi connectivity index (χ2n) is 5.76. The second-order valence-corrected chi connectivity index (χ2v) is 5.76. The molecule has 1 saturated heterocycles. The molecule has 1 aliphatic rings. The Morgan fingerprint density at radius 3 is 2.05 bits per heavy atom. The Labute approximate surface area is 111 Å². The molecule has 0 saturated carbocycles. The van der Waals surface area contributed by atoms with Crippen molar-refractivity contribution in [2.75, 3.05) is 13.1 Å². The smallest absolute Gasteiger partial charge is 0.412 e. The summed E-state index contributed by atoms with van der Waals surface area (Å²) in [5.41, 5.74) is -1.29. The SMILES string of the molecule is C=C(C1CCN(C(=O)OC(C)(C)C)CC1)C(F)(F)F. The number of nitrogens with zero attached hydrogens (tertiary/aromatic N) is 1. The number of ether oxygens (including phenoxy) is 1. The van der Waals surface area contributed by atoms with Crippen LogP contribution in [0.15, 0.2) is 12.2 Å². The Morgan fingerprint density at radius 2 is 1.68 bits per heavy atom. The van der Waals surface area contributed by atoms with Gasteiger partial charge in [-0.2, -0.15) is 13.2 Å². The molecule has 0 atom stereocenters. The third-order valence-electron chi connectivity index (χ3n) is 3.00. The van der Waals surface area contributed by atoms with E-state index in [4.69, 9.17) is 4.74 Å². The van der Waals surface area contributed by atoms with E-state index in [2.05, 4.69) is 6.58 Å². The summed E-state index contributed by atoms with van der Waals surface area (Å²) in [5.74, 6) is -0.598. The summed E-state index contributed by atoms with van der Waals surface area (Å²) >= 11 is 0. The monoisotopic (exact) mass is 279 g/mol. The Bertz CT molecular complexity index is 350. The molecule has 1 amide bonds. The molecule has 0 bridgehead atoms. The van der Waals surface area contributed by atoms with Gasteiger partial charge in [-0.25, -0.2) is 4.79 Å². The van der Waals surface area contributed by atoms with Crippen molar-refractivity contribution < 1.29 is 22.7 Å². The van der Waals surface area contributed by atoms with Crippen LogP contribution >= 0.6 is 0 Å². The highest BCUT2D eigenvalue weighted by atomic mass is 19.4. The van der Waals surface area contributed by atoms with Gasteiger partial charge in [0.15, 0.2) is 0 Å². The molecule has 1 fully saturated rings. The van der Waals surface area contributed by atoms with Gasteiger partial charge >= 0.3 is 12.3 Å². The van der Waals surface area contributed by atoms with Crippen LogP contribution in [-0.2, 0) is 4.74 Å². The van der Waals surface area contributed by atoms with E-state index in [1.807, 2.05) is 0 Å². The molecule has 0 unspecified atom stereocenters. The van der Waals surface area contributed by atoms with Crippen molar-refractivity contribution in [3.05, 3.63) is 12.2 Å². The van der Waals surface area contributed by atoms with Crippen molar-refractivity contribution in [2.24, 2.45) is 5.92 Å². The zero-order valence-corrected chi connectivity index (χ0v) is 11.5. The number of rotatable bonds is 1. The minimum absolute atomic E-state index is 0.273. The van der Waals surface area contributed by atoms with E-state index in [1.165, 1.54) is 4.90 Å². The molecule has 0 aliphatic carbocycles. The molecular weight excluding hydrogens is 259 g/mol. The van der Waals surface area contributed by atoms with E-state index in [1.54, 1.807) is 20.8 Å². The predicted molar refractivity (Wildman–Crippen MR) is 65.7 cm³/mol. The number of likely N-dealkylation sites (tertiary alicyclic amines) is 1. The molecule has 0 spiro atoms. The van der Waals surface area contributed by atoms with Crippen LogP contribution in [0.3, 0.4) is 0 Å². The molecule has 19 heavy (non-hydrogen) atoms. The van der Waals surface area contributed by atoms with E-state index in [-0.39, 0.29) is 25.9 Å². The first kappa shape index (κ1) is 15.9. The minimum Gasteiger partial charge on any atom is -0.444 e. The number of carbonyl (C=O) groups excluding carboxylic acids is 1. The van der Waals surface area contributed by atoms with E-state index < -0.39 is 29.4 Å². The fourth-order valence-electron chi connectivity index (χ4n) is 1.97. The second kappa shape index (κ2) is 5.43. The summed E-state index contributed by atoms with van der Waals surface area (Å²) in [6.07, 6.45) is -4.27. The van der Waals surface area contributed by atoms with Crippen LogP contribution in [-0.4, -0.2) is 35.9 Å². The molecule has 0 aromatic rings. The van der Waals surface area contributed by atoms with Gasteiger partial charge in [0.1, 0.15) is 5.60 Å². The molecule has 0 N–H and O–H groups in total. The Morgan fingerprint density at radius 1 is 1.21 bits per heavy atom. The molecule has 1 aliphatic heterocycles. The van der Waals surface area contributed by atoms with E-state index in [0.717, 1.165) is 0 Å². The Kier molecular flexibility index (Phi) is 4.53. The van der Waals surface area contributed by atoms with Gasteiger partial charge in [-0.05, 0) is 39.5 Å². The maximum atomic E-state index is 12.5. The lowest BCUT2D eigenvalue weighted by Gasteiger charge is -2.34. The van der Waals surface area contributed by atoms with Crippen molar-refractivity contribution >= 4 is 6.09 Å². The molecular formula is C13H20F3NO2. The first-order chi connectivity index (χ1) is 8.50. The molecule has 0 radical (unpaired) electrons. The average molecular weight is 279 g/mol. The van der Waals surface area contributed by atoms with Gasteiger partial charge in [-0.3, -0.25) is 0 Å². The first-order valence-corrected chi connectivity index (χ1v) is 6.24. The highest BCUT2D eigenvalue weighted by molar-refractivity contribution is 5.68. The Hall–Kier alpha value is -1.20. The summed E-state index contributed by atoms with van der Waals surface area (Å²) in [6.45, 7) is 8.92.